The van der Waals surface area contributed by atoms with E-state index in [1.54, 1.807) is 45.0 Å². The molecule has 0 aromatic heterocycles. The highest BCUT2D eigenvalue weighted by Crippen LogP contribution is 2.27. The van der Waals surface area contributed by atoms with Crippen molar-refractivity contribution < 1.29 is 24.0 Å². The van der Waals surface area contributed by atoms with Crippen molar-refractivity contribution in [2.24, 2.45) is 5.73 Å². The molecular formula is C19H22N2O6. The summed E-state index contributed by atoms with van der Waals surface area (Å²) in [6.07, 6.45) is -0.896. The zero-order chi connectivity index (χ0) is 20.4. The van der Waals surface area contributed by atoms with Crippen molar-refractivity contribution in [2.75, 3.05) is 6.61 Å². The molecule has 2 aromatic rings. The standard InChI is InChI=1S/C16H15NO4.C3H7NO2/c1-11(2)21-15-10-13(17(19)20)8-9-14(15)16(18)12-6-4-3-5-7-12;1-2-6-3(4)5/h3-11H,1-2H3;2H2,1H3,(H2,4,5). The van der Waals surface area contributed by atoms with Crippen molar-refractivity contribution >= 4 is 17.6 Å². The quantitative estimate of drug-likeness (QED) is 0.467. The second-order valence-electron chi connectivity index (χ2n) is 5.55. The lowest BCUT2D eigenvalue weighted by molar-refractivity contribution is -0.384. The van der Waals surface area contributed by atoms with Gasteiger partial charge in [-0.2, -0.15) is 0 Å². The van der Waals surface area contributed by atoms with Crippen LogP contribution >= 0.6 is 0 Å². The molecule has 0 bridgehead atoms. The Morgan fingerprint density at radius 3 is 2.22 bits per heavy atom. The summed E-state index contributed by atoms with van der Waals surface area (Å²) in [6, 6.07) is 12.8. The van der Waals surface area contributed by atoms with Crippen LogP contribution in [0.3, 0.4) is 0 Å². The molecule has 2 rings (SSSR count). The number of ketones is 1. The van der Waals surface area contributed by atoms with Crippen LogP contribution in [0.25, 0.3) is 0 Å². The third-order valence-electron chi connectivity index (χ3n) is 3.11. The highest BCUT2D eigenvalue weighted by Gasteiger charge is 2.19. The Labute approximate surface area is 157 Å². The third kappa shape index (κ3) is 7.15. The lowest BCUT2D eigenvalue weighted by atomic mass is 10.0. The minimum absolute atomic E-state index is 0.102. The maximum Gasteiger partial charge on any atom is 0.404 e. The zero-order valence-electron chi connectivity index (χ0n) is 15.4. The number of nitrogens with zero attached hydrogens (tertiary/aromatic N) is 1. The fourth-order valence-electron chi connectivity index (χ4n) is 2.05. The summed E-state index contributed by atoms with van der Waals surface area (Å²) in [5.74, 6) is 0.00852. The van der Waals surface area contributed by atoms with Crippen molar-refractivity contribution in [1.29, 1.82) is 0 Å². The van der Waals surface area contributed by atoms with E-state index in [4.69, 9.17) is 4.74 Å². The van der Waals surface area contributed by atoms with E-state index in [2.05, 4.69) is 10.5 Å². The minimum atomic E-state index is -0.711. The summed E-state index contributed by atoms with van der Waals surface area (Å²) in [4.78, 5) is 32.4. The van der Waals surface area contributed by atoms with Crippen molar-refractivity contribution in [3.05, 3.63) is 69.8 Å². The van der Waals surface area contributed by atoms with Gasteiger partial charge in [0.1, 0.15) is 5.75 Å². The van der Waals surface area contributed by atoms with Crippen LogP contribution in [0.5, 0.6) is 5.75 Å². The van der Waals surface area contributed by atoms with Crippen LogP contribution < -0.4 is 10.5 Å². The number of primary amides is 1. The van der Waals surface area contributed by atoms with Crippen LogP contribution in [-0.2, 0) is 4.74 Å². The molecule has 0 heterocycles. The lowest BCUT2D eigenvalue weighted by Crippen LogP contribution is -2.11. The molecule has 0 aliphatic heterocycles. The fourth-order valence-corrected chi connectivity index (χ4v) is 2.05. The number of non-ortho nitro benzene ring substituents is 1. The first-order valence-electron chi connectivity index (χ1n) is 8.23. The largest absolute Gasteiger partial charge is 0.490 e. The molecule has 2 aromatic carbocycles. The van der Waals surface area contributed by atoms with Gasteiger partial charge in [0.05, 0.1) is 29.3 Å². The van der Waals surface area contributed by atoms with Crippen LogP contribution in [0, 0.1) is 10.1 Å². The van der Waals surface area contributed by atoms with Crippen LogP contribution in [0.1, 0.15) is 36.7 Å². The number of hydrogen-bond donors (Lipinski definition) is 1. The number of rotatable bonds is 6. The summed E-state index contributed by atoms with van der Waals surface area (Å²) in [5, 5.41) is 10.9. The molecule has 8 heteroatoms. The van der Waals surface area contributed by atoms with E-state index in [-0.39, 0.29) is 23.3 Å². The van der Waals surface area contributed by atoms with Gasteiger partial charge in [0.15, 0.2) is 5.78 Å². The van der Waals surface area contributed by atoms with E-state index in [1.807, 2.05) is 6.07 Å². The van der Waals surface area contributed by atoms with Crippen LogP contribution in [0.15, 0.2) is 48.5 Å². The van der Waals surface area contributed by atoms with Crippen molar-refractivity contribution in [3.8, 4) is 5.75 Å². The number of carbonyl (C=O) groups excluding carboxylic acids is 2. The molecule has 27 heavy (non-hydrogen) atoms. The van der Waals surface area contributed by atoms with Crippen molar-refractivity contribution in [3.63, 3.8) is 0 Å². The molecule has 0 radical (unpaired) electrons. The first kappa shape index (κ1) is 21.6. The van der Waals surface area contributed by atoms with Gasteiger partial charge in [0, 0.05) is 11.6 Å². The average Bonchev–Trinajstić information content (AvgIpc) is 2.61. The van der Waals surface area contributed by atoms with E-state index in [0.29, 0.717) is 17.7 Å². The number of benzene rings is 2. The Bertz CT molecular complexity index is 790. The first-order valence-corrected chi connectivity index (χ1v) is 8.23. The van der Waals surface area contributed by atoms with Crippen LogP contribution in [-0.4, -0.2) is 29.5 Å². The molecule has 0 atom stereocenters. The predicted octanol–water partition coefficient (Wildman–Crippen LogP) is 3.71. The predicted molar refractivity (Wildman–Crippen MR) is 99.9 cm³/mol. The van der Waals surface area contributed by atoms with Crippen LogP contribution in [0.2, 0.25) is 0 Å². The van der Waals surface area contributed by atoms with Gasteiger partial charge >= 0.3 is 6.09 Å². The van der Waals surface area contributed by atoms with Gasteiger partial charge in [0.2, 0.25) is 0 Å². The number of nitro benzene ring substituents is 1. The monoisotopic (exact) mass is 374 g/mol. The second kappa shape index (κ2) is 10.5. The Morgan fingerprint density at radius 1 is 1.15 bits per heavy atom. The molecule has 144 valence electrons. The number of amides is 1. The normalized spacial score (nSPS) is 9.78. The Kier molecular flexibility index (Phi) is 8.44. The van der Waals surface area contributed by atoms with E-state index < -0.39 is 11.0 Å². The summed E-state index contributed by atoms with van der Waals surface area (Å²) in [5.41, 5.74) is 5.27. The molecule has 0 unspecified atom stereocenters. The van der Waals surface area contributed by atoms with Gasteiger partial charge < -0.3 is 15.2 Å². The molecule has 0 saturated heterocycles. The molecule has 0 aliphatic rings. The highest BCUT2D eigenvalue weighted by molar-refractivity contribution is 6.10. The molecular weight excluding hydrogens is 352 g/mol. The topological polar surface area (TPSA) is 122 Å². The lowest BCUT2D eigenvalue weighted by Gasteiger charge is -2.13. The number of ether oxygens (including phenoxy) is 2. The van der Waals surface area contributed by atoms with Crippen LogP contribution in [0.4, 0.5) is 10.5 Å². The van der Waals surface area contributed by atoms with Gasteiger partial charge in [-0.3, -0.25) is 14.9 Å². The maximum atomic E-state index is 12.5. The summed E-state index contributed by atoms with van der Waals surface area (Å²) < 4.78 is 9.73. The van der Waals surface area contributed by atoms with E-state index >= 15 is 0 Å². The van der Waals surface area contributed by atoms with Crippen molar-refractivity contribution in [2.45, 2.75) is 26.9 Å². The van der Waals surface area contributed by atoms with E-state index in [0.717, 1.165) is 0 Å². The minimum Gasteiger partial charge on any atom is -0.490 e. The number of carbonyl (C=O) groups is 2. The van der Waals surface area contributed by atoms with E-state index in [1.165, 1.54) is 18.2 Å². The van der Waals surface area contributed by atoms with Gasteiger partial charge in [0.25, 0.3) is 5.69 Å². The summed E-state index contributed by atoms with van der Waals surface area (Å²) in [6.45, 7) is 5.66. The first-order chi connectivity index (χ1) is 12.8. The zero-order valence-corrected chi connectivity index (χ0v) is 15.4. The number of hydrogen-bond acceptors (Lipinski definition) is 6. The molecule has 0 spiro atoms. The highest BCUT2D eigenvalue weighted by atomic mass is 16.6. The Morgan fingerprint density at radius 2 is 1.78 bits per heavy atom. The second-order valence-corrected chi connectivity index (χ2v) is 5.55. The van der Waals surface area contributed by atoms with Crippen molar-refractivity contribution in [1.82, 2.24) is 0 Å². The van der Waals surface area contributed by atoms with Gasteiger partial charge in [-0.1, -0.05) is 30.3 Å². The third-order valence-corrected chi connectivity index (χ3v) is 3.11. The average molecular weight is 374 g/mol. The Balaban J connectivity index is 0.000000527. The molecule has 0 fully saturated rings. The molecule has 2 N–H and O–H groups in total. The van der Waals surface area contributed by atoms with Gasteiger partial charge in [-0.15, -0.1) is 0 Å². The van der Waals surface area contributed by atoms with E-state index in [9.17, 15) is 19.7 Å². The molecule has 8 nitrogen and oxygen atoms in total. The molecule has 1 amide bonds. The SMILES string of the molecule is CC(C)Oc1cc([N+](=O)[O-])ccc1C(=O)c1ccccc1.CCOC(N)=O. The molecule has 0 saturated carbocycles. The van der Waals surface area contributed by atoms with Gasteiger partial charge in [-0.25, -0.2) is 4.79 Å². The number of nitrogens with two attached hydrogens (primary N) is 1. The fraction of sp³-hybridized carbons (Fsp3) is 0.263. The number of nitro groups is 1. The maximum absolute atomic E-state index is 12.5. The Hall–Kier alpha value is -3.42. The molecule has 0 aliphatic carbocycles. The van der Waals surface area contributed by atoms with Gasteiger partial charge in [-0.05, 0) is 26.8 Å². The summed E-state index contributed by atoms with van der Waals surface area (Å²) in [7, 11) is 0. The summed E-state index contributed by atoms with van der Waals surface area (Å²) >= 11 is 0. The smallest absolute Gasteiger partial charge is 0.404 e.